The monoisotopic (exact) mass is 269 g/mol. The van der Waals surface area contributed by atoms with Crippen molar-refractivity contribution in [2.75, 3.05) is 5.32 Å². The maximum absolute atomic E-state index is 11.5. The van der Waals surface area contributed by atoms with Gasteiger partial charge in [0.2, 0.25) is 0 Å². The van der Waals surface area contributed by atoms with Crippen LogP contribution < -0.4 is 5.32 Å². The Hall–Kier alpha value is -3.18. The fraction of sp³-hybridized carbons (Fsp3) is 0.0667. The molecule has 0 radical (unpaired) electrons. The molecular weight excluding hydrogens is 258 g/mol. The van der Waals surface area contributed by atoms with Crippen molar-refractivity contribution in [1.82, 2.24) is 0 Å². The van der Waals surface area contributed by atoms with Crippen molar-refractivity contribution in [3.05, 3.63) is 41.6 Å². The molecule has 0 fully saturated rings. The van der Waals surface area contributed by atoms with E-state index in [1.165, 1.54) is 0 Å². The Labute approximate surface area is 116 Å². The first kappa shape index (κ1) is 14.9. The fourth-order valence-electron chi connectivity index (χ4n) is 1.31. The Bertz CT molecular complexity index is 602. The van der Waals surface area contributed by atoms with E-state index in [0.717, 1.165) is 11.8 Å². The lowest BCUT2D eigenvalue weighted by Crippen LogP contribution is -2.16. The van der Waals surface area contributed by atoms with E-state index >= 15 is 0 Å². The zero-order valence-electron chi connectivity index (χ0n) is 10.7. The predicted molar refractivity (Wildman–Crippen MR) is 72.7 cm³/mol. The normalized spacial score (nSPS) is 8.55. The topological polar surface area (TPSA) is 64.6 Å². The van der Waals surface area contributed by atoms with Crippen molar-refractivity contribution >= 4 is 17.6 Å². The van der Waals surface area contributed by atoms with Crippen molar-refractivity contribution in [3.63, 3.8) is 0 Å². The first-order valence-electron chi connectivity index (χ1n) is 5.45. The molecule has 0 aliphatic rings. The Balaban J connectivity index is 2.96. The summed E-state index contributed by atoms with van der Waals surface area (Å²) in [5, 5.41) is 2.76. The van der Waals surface area contributed by atoms with Crippen LogP contribution in [0, 0.1) is 32.0 Å². The highest BCUT2D eigenvalue weighted by molar-refractivity contribution is 6.14. The van der Waals surface area contributed by atoms with E-state index in [1.54, 1.807) is 18.3 Å². The highest BCUT2D eigenvalue weighted by Crippen LogP contribution is 2.11. The predicted octanol–water partition coefficient (Wildman–Crippen LogP) is 1.56. The van der Waals surface area contributed by atoms with Crippen LogP contribution in [0.15, 0.2) is 36.0 Å². The smallest absolute Gasteiger partial charge is 0.361 e. The third-order valence-electron chi connectivity index (χ3n) is 2.14. The molecule has 5 nitrogen and oxygen atoms in total. The van der Waals surface area contributed by atoms with Gasteiger partial charge in [-0.05, 0) is 24.6 Å². The molecule has 20 heavy (non-hydrogen) atoms. The number of carbonyl (C=O) groups excluding carboxylic acids is 2. The van der Waals surface area contributed by atoms with E-state index in [2.05, 4.69) is 14.8 Å². The van der Waals surface area contributed by atoms with Gasteiger partial charge in [0.15, 0.2) is 5.57 Å². The van der Waals surface area contributed by atoms with Crippen LogP contribution >= 0.6 is 0 Å². The number of ether oxygens (including phenoxy) is 2. The van der Waals surface area contributed by atoms with Crippen molar-refractivity contribution in [3.8, 4) is 25.1 Å². The van der Waals surface area contributed by atoms with E-state index in [4.69, 9.17) is 12.8 Å². The molecule has 1 N–H and O–H groups in total. The summed E-state index contributed by atoms with van der Waals surface area (Å²) in [6, 6.07) is 7.27. The second-order valence-corrected chi connectivity index (χ2v) is 3.59. The lowest BCUT2D eigenvalue weighted by Gasteiger charge is -2.04. The van der Waals surface area contributed by atoms with Crippen LogP contribution in [0.25, 0.3) is 0 Å². The van der Waals surface area contributed by atoms with Gasteiger partial charge in [0, 0.05) is 11.9 Å². The Kier molecular flexibility index (Phi) is 5.43. The summed E-state index contributed by atoms with van der Waals surface area (Å²) in [7, 11) is 0. The number of nitrogens with one attached hydrogen (secondary N) is 1. The maximum Gasteiger partial charge on any atom is 0.361 e. The van der Waals surface area contributed by atoms with Crippen LogP contribution in [0.5, 0.6) is 0 Å². The van der Waals surface area contributed by atoms with Gasteiger partial charge in [0.1, 0.15) is 12.2 Å². The summed E-state index contributed by atoms with van der Waals surface area (Å²) in [4.78, 5) is 23.0. The van der Waals surface area contributed by atoms with Crippen LogP contribution in [-0.4, -0.2) is 11.9 Å². The number of hydrogen-bond acceptors (Lipinski definition) is 5. The molecule has 0 aliphatic heterocycles. The summed E-state index contributed by atoms with van der Waals surface area (Å²) in [6.07, 6.45) is 14.1. The Morgan fingerprint density at radius 1 is 1.20 bits per heavy atom. The van der Waals surface area contributed by atoms with E-state index in [-0.39, 0.29) is 0 Å². The molecular formula is C15H11NO4. The second-order valence-electron chi connectivity index (χ2n) is 3.59. The quantitative estimate of drug-likeness (QED) is 0.295. The number of anilines is 1. The van der Waals surface area contributed by atoms with Crippen molar-refractivity contribution < 1.29 is 19.1 Å². The summed E-state index contributed by atoms with van der Waals surface area (Å²) in [5.41, 5.74) is 1.23. The third-order valence-corrected chi connectivity index (χ3v) is 2.14. The van der Waals surface area contributed by atoms with Gasteiger partial charge in [-0.2, -0.15) is 0 Å². The van der Waals surface area contributed by atoms with Gasteiger partial charge >= 0.3 is 11.9 Å². The zero-order valence-corrected chi connectivity index (χ0v) is 10.7. The van der Waals surface area contributed by atoms with Crippen LogP contribution in [0.2, 0.25) is 0 Å². The summed E-state index contributed by atoms with van der Waals surface area (Å²) < 4.78 is 8.59. The molecule has 0 aromatic heterocycles. The average molecular weight is 269 g/mol. The van der Waals surface area contributed by atoms with E-state index in [1.807, 2.05) is 25.1 Å². The summed E-state index contributed by atoms with van der Waals surface area (Å²) in [5.74, 6) is -2.07. The Morgan fingerprint density at radius 3 is 2.30 bits per heavy atom. The highest BCUT2D eigenvalue weighted by atomic mass is 16.5. The van der Waals surface area contributed by atoms with E-state index in [9.17, 15) is 9.59 Å². The molecule has 0 bridgehead atoms. The first-order valence-corrected chi connectivity index (χ1v) is 5.45. The minimum Gasteiger partial charge on any atom is -0.369 e. The molecule has 1 rings (SSSR count). The van der Waals surface area contributed by atoms with Crippen LogP contribution in [-0.2, 0) is 19.1 Å². The number of carbonyl (C=O) groups is 2. The molecule has 0 saturated heterocycles. The molecule has 1 aromatic rings. The van der Waals surface area contributed by atoms with Gasteiger partial charge in [-0.3, -0.25) is 0 Å². The number of terminal acetylenes is 2. The van der Waals surface area contributed by atoms with Gasteiger partial charge < -0.3 is 14.8 Å². The number of aryl methyl sites for hydroxylation is 1. The van der Waals surface area contributed by atoms with Gasteiger partial charge in [-0.15, -0.1) is 0 Å². The summed E-state index contributed by atoms with van der Waals surface area (Å²) >= 11 is 0. The summed E-state index contributed by atoms with van der Waals surface area (Å²) in [6.45, 7) is 1.90. The van der Waals surface area contributed by atoms with E-state index in [0.29, 0.717) is 5.69 Å². The highest BCUT2D eigenvalue weighted by Gasteiger charge is 2.21. The molecule has 5 heteroatoms. The molecule has 0 spiro atoms. The second kappa shape index (κ2) is 7.30. The standard InChI is InChI=1S/C15H11NO4/c1-4-19-14(17)13(15(18)20-5-2)10-16-12-8-6-7-11(3)9-12/h1-2,6-10,16H,3H3. The molecule has 100 valence electrons. The molecule has 0 aliphatic carbocycles. The van der Waals surface area contributed by atoms with Crippen LogP contribution in [0.3, 0.4) is 0 Å². The minimum absolute atomic E-state index is 0.442. The van der Waals surface area contributed by atoms with Crippen molar-refractivity contribution in [2.45, 2.75) is 6.92 Å². The van der Waals surface area contributed by atoms with Crippen molar-refractivity contribution in [2.24, 2.45) is 0 Å². The largest absolute Gasteiger partial charge is 0.369 e. The molecule has 1 aromatic carbocycles. The first-order chi connectivity index (χ1) is 9.58. The zero-order chi connectivity index (χ0) is 15.0. The number of hydrogen-bond donors (Lipinski definition) is 1. The lowest BCUT2D eigenvalue weighted by atomic mass is 10.2. The molecule has 0 heterocycles. The van der Waals surface area contributed by atoms with Gasteiger partial charge in [0.05, 0.1) is 0 Å². The minimum atomic E-state index is -1.03. The van der Waals surface area contributed by atoms with Crippen molar-refractivity contribution in [1.29, 1.82) is 0 Å². The molecule has 0 amide bonds. The molecule has 0 atom stereocenters. The number of benzene rings is 1. The maximum atomic E-state index is 11.5. The average Bonchev–Trinajstić information content (AvgIpc) is 2.39. The number of rotatable bonds is 4. The number of esters is 2. The van der Waals surface area contributed by atoms with Gasteiger partial charge in [-0.1, -0.05) is 25.0 Å². The Morgan fingerprint density at radius 2 is 1.80 bits per heavy atom. The van der Waals surface area contributed by atoms with Gasteiger partial charge in [-0.25, -0.2) is 9.59 Å². The fourth-order valence-corrected chi connectivity index (χ4v) is 1.31. The molecule has 0 unspecified atom stereocenters. The van der Waals surface area contributed by atoms with E-state index < -0.39 is 17.5 Å². The van der Waals surface area contributed by atoms with Crippen LogP contribution in [0.4, 0.5) is 5.69 Å². The molecule has 0 saturated carbocycles. The van der Waals surface area contributed by atoms with Gasteiger partial charge in [0.25, 0.3) is 0 Å². The SMILES string of the molecule is C#COC(=O)C(=CNc1cccc(C)c1)C(=O)OC#C. The van der Waals surface area contributed by atoms with Crippen LogP contribution in [0.1, 0.15) is 5.56 Å². The third kappa shape index (κ3) is 4.25. The lowest BCUT2D eigenvalue weighted by molar-refractivity contribution is -0.140.